The van der Waals surface area contributed by atoms with Crippen LogP contribution in [0.3, 0.4) is 0 Å². The van der Waals surface area contributed by atoms with Crippen molar-refractivity contribution in [2.24, 2.45) is 0 Å². The summed E-state index contributed by atoms with van der Waals surface area (Å²) in [4.78, 5) is 0. The molecule has 0 bridgehead atoms. The second kappa shape index (κ2) is 3.57. The van der Waals surface area contributed by atoms with Crippen LogP contribution < -0.4 is 0 Å². The molecule has 0 amide bonds. The van der Waals surface area contributed by atoms with E-state index in [-0.39, 0.29) is 0 Å². The normalized spacial score (nSPS) is 14.1. The average molecular weight is 207 g/mol. The van der Waals surface area contributed by atoms with Crippen LogP contribution >= 0.6 is 15.9 Å². The van der Waals surface area contributed by atoms with Crippen molar-refractivity contribution in [2.45, 2.75) is 32.6 Å². The lowest BCUT2D eigenvalue weighted by atomic mass is 10.6. The smallest absolute Gasteiger partial charge is 0.0480 e. The van der Waals surface area contributed by atoms with E-state index in [2.05, 4.69) is 48.6 Å². The summed E-state index contributed by atoms with van der Waals surface area (Å²) in [5, 5.41) is 0. The predicted molar refractivity (Wildman–Crippen MR) is 50.8 cm³/mol. The van der Waals surface area contributed by atoms with E-state index in [1.807, 2.05) is 0 Å². The van der Waals surface area contributed by atoms with Crippen LogP contribution in [0.2, 0.25) is 25.7 Å². The Kier molecular flexibility index (Phi) is 3.74. The monoisotopic (exact) mass is 206 g/mol. The molecule has 0 saturated carbocycles. The highest BCUT2D eigenvalue weighted by Crippen LogP contribution is 2.12. The number of hydrogen-bond acceptors (Lipinski definition) is 0. The Morgan fingerprint density at radius 3 is 2.00 bits per heavy atom. The summed E-state index contributed by atoms with van der Waals surface area (Å²) in [6, 6.07) is 1.28. The molecule has 0 nitrogen and oxygen atoms in total. The third-order valence-electron chi connectivity index (χ3n) is 0.996. The van der Waals surface area contributed by atoms with Gasteiger partial charge in [-0.05, 0) is 17.5 Å². The lowest BCUT2D eigenvalue weighted by Crippen LogP contribution is -2.17. The average Bonchev–Trinajstić information content (AvgIpc) is 1.59. The lowest BCUT2D eigenvalue weighted by molar-refractivity contribution is 1.48. The molecular formula is C7H15BrSi. The second-order valence-corrected chi connectivity index (χ2v) is 10.3. The van der Waals surface area contributed by atoms with Gasteiger partial charge in [-0.15, -0.1) is 0 Å². The van der Waals surface area contributed by atoms with Crippen LogP contribution in [0, 0.1) is 0 Å². The molecule has 0 aromatic carbocycles. The number of halogens is 1. The van der Waals surface area contributed by atoms with Crippen molar-refractivity contribution in [3.8, 4) is 0 Å². The van der Waals surface area contributed by atoms with E-state index >= 15 is 0 Å². The van der Waals surface area contributed by atoms with Gasteiger partial charge in [0, 0.05) is 8.07 Å². The first-order valence-electron chi connectivity index (χ1n) is 3.24. The Hall–Kier alpha value is 0.437. The highest BCUT2D eigenvalue weighted by molar-refractivity contribution is 9.11. The van der Waals surface area contributed by atoms with Gasteiger partial charge in [-0.2, -0.15) is 0 Å². The minimum absolute atomic E-state index is 0.826. The van der Waals surface area contributed by atoms with Crippen LogP contribution in [0.1, 0.15) is 6.92 Å². The molecule has 9 heavy (non-hydrogen) atoms. The van der Waals surface area contributed by atoms with E-state index in [9.17, 15) is 0 Å². The molecule has 54 valence electrons. The van der Waals surface area contributed by atoms with Crippen molar-refractivity contribution in [1.82, 2.24) is 0 Å². The molecule has 0 radical (unpaired) electrons. The Balaban J connectivity index is 3.64. The lowest BCUT2D eigenvalue weighted by Gasteiger charge is -2.11. The largest absolute Gasteiger partial charge is 0.0773 e. The fourth-order valence-electron chi connectivity index (χ4n) is 0.447. The maximum atomic E-state index is 3.41. The van der Waals surface area contributed by atoms with E-state index in [1.165, 1.54) is 10.5 Å². The molecule has 0 heterocycles. The van der Waals surface area contributed by atoms with E-state index in [0.29, 0.717) is 0 Å². The molecule has 0 aromatic heterocycles. The fourth-order valence-corrected chi connectivity index (χ4v) is 1.83. The molecule has 0 aliphatic heterocycles. The van der Waals surface area contributed by atoms with E-state index < -0.39 is 8.07 Å². The molecule has 0 fully saturated rings. The van der Waals surface area contributed by atoms with Gasteiger partial charge in [0.25, 0.3) is 0 Å². The zero-order valence-corrected chi connectivity index (χ0v) is 9.25. The maximum Gasteiger partial charge on any atom is 0.0480 e. The molecule has 2 heteroatoms. The van der Waals surface area contributed by atoms with E-state index in [0.717, 1.165) is 0 Å². The van der Waals surface area contributed by atoms with Crippen molar-refractivity contribution in [3.63, 3.8) is 0 Å². The highest BCUT2D eigenvalue weighted by atomic mass is 79.9. The van der Waals surface area contributed by atoms with Crippen LogP contribution in [0.5, 0.6) is 0 Å². The Labute approximate surface area is 67.5 Å². The number of rotatable bonds is 2. The summed E-state index contributed by atoms with van der Waals surface area (Å²) in [7, 11) is -0.826. The van der Waals surface area contributed by atoms with Crippen LogP contribution in [-0.2, 0) is 0 Å². The minimum Gasteiger partial charge on any atom is -0.0773 e. The zero-order valence-electron chi connectivity index (χ0n) is 6.66. The van der Waals surface area contributed by atoms with Crippen molar-refractivity contribution < 1.29 is 0 Å². The van der Waals surface area contributed by atoms with Gasteiger partial charge in [-0.3, -0.25) is 0 Å². The Morgan fingerprint density at radius 2 is 1.89 bits per heavy atom. The Morgan fingerprint density at radius 1 is 1.44 bits per heavy atom. The minimum atomic E-state index is -0.826. The van der Waals surface area contributed by atoms with Crippen LogP contribution in [0.4, 0.5) is 0 Å². The van der Waals surface area contributed by atoms with Gasteiger partial charge in [0.2, 0.25) is 0 Å². The SMILES string of the molecule is CC(Br)=CC[Si](C)(C)C. The van der Waals surface area contributed by atoms with Crippen LogP contribution in [0.25, 0.3) is 0 Å². The van der Waals surface area contributed by atoms with Crippen molar-refractivity contribution in [3.05, 3.63) is 10.6 Å². The first-order valence-corrected chi connectivity index (χ1v) is 7.74. The molecule has 0 aliphatic rings. The van der Waals surface area contributed by atoms with E-state index in [1.54, 1.807) is 0 Å². The van der Waals surface area contributed by atoms with Gasteiger partial charge in [-0.25, -0.2) is 0 Å². The first kappa shape index (κ1) is 9.44. The molecular weight excluding hydrogens is 192 g/mol. The molecule has 0 aromatic rings. The summed E-state index contributed by atoms with van der Waals surface area (Å²) >= 11 is 3.41. The summed E-state index contributed by atoms with van der Waals surface area (Å²) in [6.07, 6.45) is 2.27. The molecule has 0 spiro atoms. The highest BCUT2D eigenvalue weighted by Gasteiger charge is 2.09. The van der Waals surface area contributed by atoms with Crippen molar-refractivity contribution >= 4 is 24.0 Å². The molecule has 0 atom stereocenters. The molecule has 0 rings (SSSR count). The van der Waals surface area contributed by atoms with Gasteiger partial charge < -0.3 is 0 Å². The van der Waals surface area contributed by atoms with Crippen LogP contribution in [0.15, 0.2) is 10.6 Å². The molecule has 0 unspecified atom stereocenters. The summed E-state index contributed by atoms with van der Waals surface area (Å²) in [6.45, 7) is 9.21. The number of allylic oxidation sites excluding steroid dienone is 2. The standard InChI is InChI=1S/C7H15BrSi/c1-7(8)5-6-9(2,3)4/h5H,6H2,1-4H3. The quantitative estimate of drug-likeness (QED) is 0.606. The first-order chi connectivity index (χ1) is 3.92. The second-order valence-electron chi connectivity index (χ2n) is 3.56. The third kappa shape index (κ3) is 8.44. The Bertz CT molecular complexity index is 107. The van der Waals surface area contributed by atoms with Gasteiger partial charge in [0.1, 0.15) is 0 Å². The van der Waals surface area contributed by atoms with Crippen molar-refractivity contribution in [2.75, 3.05) is 0 Å². The fraction of sp³-hybridized carbons (Fsp3) is 0.714. The van der Waals surface area contributed by atoms with Crippen molar-refractivity contribution in [1.29, 1.82) is 0 Å². The van der Waals surface area contributed by atoms with Gasteiger partial charge in [-0.1, -0.05) is 41.6 Å². The zero-order chi connectivity index (χ0) is 7.49. The van der Waals surface area contributed by atoms with Gasteiger partial charge in [0.15, 0.2) is 0 Å². The summed E-state index contributed by atoms with van der Waals surface area (Å²) < 4.78 is 1.27. The molecule has 0 N–H and O–H groups in total. The summed E-state index contributed by atoms with van der Waals surface area (Å²) in [5.41, 5.74) is 0. The predicted octanol–water partition coefficient (Wildman–Crippen LogP) is 3.62. The van der Waals surface area contributed by atoms with E-state index in [4.69, 9.17) is 0 Å². The molecule has 0 saturated heterocycles. The van der Waals surface area contributed by atoms with Gasteiger partial charge in [0.05, 0.1) is 0 Å². The van der Waals surface area contributed by atoms with Gasteiger partial charge >= 0.3 is 0 Å². The summed E-state index contributed by atoms with van der Waals surface area (Å²) in [5.74, 6) is 0. The maximum absolute atomic E-state index is 3.41. The van der Waals surface area contributed by atoms with Crippen LogP contribution in [-0.4, -0.2) is 8.07 Å². The third-order valence-corrected chi connectivity index (χ3v) is 2.75. The molecule has 0 aliphatic carbocycles. The topological polar surface area (TPSA) is 0 Å². The number of hydrogen-bond donors (Lipinski definition) is 0.